The minimum atomic E-state index is -4.67. The normalized spacial score (nSPS) is 18.8. The van der Waals surface area contributed by atoms with Gasteiger partial charge in [0.1, 0.15) is 11.9 Å². The lowest BCUT2D eigenvalue weighted by molar-refractivity contribution is -0.147. The van der Waals surface area contributed by atoms with Gasteiger partial charge < -0.3 is 19.4 Å². The van der Waals surface area contributed by atoms with E-state index >= 15 is 0 Å². The van der Waals surface area contributed by atoms with Crippen molar-refractivity contribution >= 4 is 12.0 Å². The van der Waals surface area contributed by atoms with E-state index in [1.165, 1.54) is 18.6 Å². The predicted octanol–water partition coefficient (Wildman–Crippen LogP) is 4.65. The third kappa shape index (κ3) is 7.67. The molecule has 14 heteroatoms. The number of alkyl carbamates (subject to hydrolysis) is 1. The molecule has 4 heterocycles. The van der Waals surface area contributed by atoms with Gasteiger partial charge in [0.15, 0.2) is 11.5 Å². The van der Waals surface area contributed by atoms with Crippen molar-refractivity contribution in [2.24, 2.45) is 0 Å². The Morgan fingerprint density at radius 3 is 2.62 bits per heavy atom. The molecular weight excluding hydrogens is 541 g/mol. The number of hydrogen-bond donors (Lipinski definition) is 1. The van der Waals surface area contributed by atoms with Crippen molar-refractivity contribution in [1.82, 2.24) is 25.1 Å². The molecule has 220 valence electrons. The minimum Gasteiger partial charge on any atom is -0.472 e. The minimum absolute atomic E-state index is 0.0283. The smallest absolute Gasteiger partial charge is 0.433 e. The van der Waals surface area contributed by atoms with Gasteiger partial charge in [-0.2, -0.15) is 13.2 Å². The molecule has 1 atom stereocenters. The van der Waals surface area contributed by atoms with E-state index in [1.807, 2.05) is 4.90 Å². The molecular formula is C26H32F5N5O4. The van der Waals surface area contributed by atoms with E-state index in [4.69, 9.17) is 9.15 Å². The summed E-state index contributed by atoms with van der Waals surface area (Å²) in [6, 6.07) is 0.743. The van der Waals surface area contributed by atoms with Crippen molar-refractivity contribution in [3.8, 4) is 11.4 Å². The molecule has 2 aromatic rings. The summed E-state index contributed by atoms with van der Waals surface area (Å²) >= 11 is 0. The Kier molecular flexibility index (Phi) is 8.38. The molecule has 9 nitrogen and oxygen atoms in total. The third-order valence-corrected chi connectivity index (χ3v) is 6.63. The van der Waals surface area contributed by atoms with Gasteiger partial charge in [0.05, 0.1) is 30.1 Å². The number of nitrogens with one attached hydrogen (secondary N) is 1. The molecule has 0 aromatic carbocycles. The monoisotopic (exact) mass is 573 g/mol. The van der Waals surface area contributed by atoms with Gasteiger partial charge in [-0.25, -0.2) is 23.5 Å². The second kappa shape index (κ2) is 11.3. The molecule has 1 fully saturated rings. The Morgan fingerprint density at radius 1 is 1.23 bits per heavy atom. The van der Waals surface area contributed by atoms with Gasteiger partial charge in [0.25, 0.3) is 5.92 Å². The molecule has 1 saturated heterocycles. The van der Waals surface area contributed by atoms with Crippen LogP contribution in [-0.4, -0.2) is 75.5 Å². The van der Waals surface area contributed by atoms with Crippen LogP contribution in [0.5, 0.6) is 0 Å². The maximum Gasteiger partial charge on any atom is 0.433 e. The molecule has 2 aliphatic rings. The first kappa shape index (κ1) is 29.7. The highest BCUT2D eigenvalue weighted by atomic mass is 19.4. The Bertz CT molecular complexity index is 1210. The lowest BCUT2D eigenvalue weighted by Crippen LogP contribution is -2.53. The number of fused-ring (bicyclic) bond motifs is 1. The number of alkyl halides is 5. The number of amides is 2. The lowest BCUT2D eigenvalue weighted by Gasteiger charge is -2.36. The quantitative estimate of drug-likeness (QED) is 0.481. The molecule has 2 aliphatic heterocycles. The van der Waals surface area contributed by atoms with E-state index < -0.39 is 54.4 Å². The van der Waals surface area contributed by atoms with Crippen LogP contribution in [0.4, 0.5) is 26.7 Å². The van der Waals surface area contributed by atoms with E-state index in [-0.39, 0.29) is 56.0 Å². The van der Waals surface area contributed by atoms with Crippen LogP contribution in [0.1, 0.15) is 57.0 Å². The highest BCUT2D eigenvalue weighted by molar-refractivity contribution is 5.77. The molecule has 0 aliphatic carbocycles. The summed E-state index contributed by atoms with van der Waals surface area (Å²) in [4.78, 5) is 35.9. The summed E-state index contributed by atoms with van der Waals surface area (Å²) in [6.45, 7) is 4.79. The van der Waals surface area contributed by atoms with Gasteiger partial charge in [-0.15, -0.1) is 0 Å². The van der Waals surface area contributed by atoms with Crippen LogP contribution in [0.2, 0.25) is 0 Å². The average molecular weight is 574 g/mol. The third-order valence-electron chi connectivity index (χ3n) is 6.63. The van der Waals surface area contributed by atoms with E-state index in [9.17, 15) is 31.5 Å². The second-order valence-corrected chi connectivity index (χ2v) is 11.1. The van der Waals surface area contributed by atoms with Crippen molar-refractivity contribution < 1.29 is 40.7 Å². The van der Waals surface area contributed by atoms with Gasteiger partial charge >= 0.3 is 12.3 Å². The Balaban J connectivity index is 1.49. The molecule has 1 N–H and O–H groups in total. The molecule has 0 unspecified atom stereocenters. The second-order valence-electron chi connectivity index (χ2n) is 11.1. The van der Waals surface area contributed by atoms with Crippen molar-refractivity contribution in [2.75, 3.05) is 26.2 Å². The SMILES string of the molecule is CC(C)(C)OC(=O)N[C@@H](CCN1CCc2c(nc(-c3ccoc3)nc2C(F)(F)F)C1)CN1CC(F)(F)CCC1=O. The number of carbonyl (C=O) groups is 2. The van der Waals surface area contributed by atoms with Crippen LogP contribution in [0.15, 0.2) is 23.0 Å². The highest BCUT2D eigenvalue weighted by Gasteiger charge is 2.41. The predicted molar refractivity (Wildman–Crippen MR) is 132 cm³/mol. The van der Waals surface area contributed by atoms with Gasteiger partial charge in [-0.05, 0) is 39.7 Å². The summed E-state index contributed by atoms with van der Waals surface area (Å²) < 4.78 is 79.8. The standard InChI is InChI=1S/C26H32F5N5O4/c1-24(2,3)40-23(38)32-17(12-36-15-25(27,28)8-4-20(36)37)5-9-35-10-6-18-19(13-35)33-22(16-7-11-39-14-16)34-21(18)26(29,30)31/h7,11,14,17H,4-6,8-10,12-13,15H2,1-3H3,(H,32,38)/t17-/m0/s1. The molecule has 0 bridgehead atoms. The highest BCUT2D eigenvalue weighted by Crippen LogP contribution is 2.35. The summed E-state index contributed by atoms with van der Waals surface area (Å²) in [7, 11) is 0. The van der Waals surface area contributed by atoms with Crippen LogP contribution >= 0.6 is 0 Å². The molecule has 2 aromatic heterocycles. The van der Waals surface area contributed by atoms with Gasteiger partial charge in [-0.3, -0.25) is 9.69 Å². The average Bonchev–Trinajstić information content (AvgIpc) is 3.37. The number of aromatic nitrogens is 2. The van der Waals surface area contributed by atoms with Crippen LogP contribution < -0.4 is 5.32 Å². The fourth-order valence-electron chi connectivity index (χ4n) is 4.78. The first-order valence-electron chi connectivity index (χ1n) is 13.0. The Hall–Kier alpha value is -3.29. The number of ether oxygens (including phenoxy) is 1. The lowest BCUT2D eigenvalue weighted by atomic mass is 10.0. The largest absolute Gasteiger partial charge is 0.472 e. The summed E-state index contributed by atoms with van der Waals surface area (Å²) in [5.74, 6) is -3.56. The van der Waals surface area contributed by atoms with Crippen LogP contribution in [0.25, 0.3) is 11.4 Å². The number of likely N-dealkylation sites (tertiary alicyclic amines) is 1. The number of rotatable bonds is 7. The fraction of sp³-hybridized carbons (Fsp3) is 0.615. The molecule has 0 spiro atoms. The van der Waals surface area contributed by atoms with Gasteiger partial charge in [-0.1, -0.05) is 0 Å². The topological polar surface area (TPSA) is 101 Å². The Labute approximate surface area is 228 Å². The zero-order valence-electron chi connectivity index (χ0n) is 22.5. The number of carbonyl (C=O) groups excluding carboxylic acids is 2. The molecule has 2 amide bonds. The van der Waals surface area contributed by atoms with Crippen LogP contribution in [0.3, 0.4) is 0 Å². The number of nitrogens with zero attached hydrogens (tertiary/aromatic N) is 4. The zero-order chi connectivity index (χ0) is 29.3. The number of halogens is 5. The van der Waals surface area contributed by atoms with E-state index in [0.29, 0.717) is 12.1 Å². The zero-order valence-corrected chi connectivity index (χ0v) is 22.5. The van der Waals surface area contributed by atoms with Crippen LogP contribution in [-0.2, 0) is 28.7 Å². The molecule has 4 rings (SSSR count). The maximum absolute atomic E-state index is 14.0. The van der Waals surface area contributed by atoms with Crippen LogP contribution in [0, 0.1) is 0 Å². The maximum atomic E-state index is 14.0. The number of piperidine rings is 1. The van der Waals surface area contributed by atoms with E-state index in [2.05, 4.69) is 15.3 Å². The fourth-order valence-corrected chi connectivity index (χ4v) is 4.78. The summed E-state index contributed by atoms with van der Waals surface area (Å²) in [5, 5.41) is 2.67. The number of hydrogen-bond acceptors (Lipinski definition) is 7. The molecule has 0 radical (unpaired) electrons. The molecule has 40 heavy (non-hydrogen) atoms. The van der Waals surface area contributed by atoms with Gasteiger partial charge in [0, 0.05) is 44.6 Å². The Morgan fingerprint density at radius 2 is 1.98 bits per heavy atom. The van der Waals surface area contributed by atoms with Crippen molar-refractivity contribution in [3.05, 3.63) is 35.5 Å². The number of furan rings is 1. The summed E-state index contributed by atoms with van der Waals surface area (Å²) in [6.07, 6.45) is -3.38. The van der Waals surface area contributed by atoms with E-state index in [0.717, 1.165) is 4.90 Å². The first-order chi connectivity index (χ1) is 18.6. The summed E-state index contributed by atoms with van der Waals surface area (Å²) in [5.41, 5.74) is -1.22. The molecule has 0 saturated carbocycles. The van der Waals surface area contributed by atoms with Crippen molar-refractivity contribution in [1.29, 1.82) is 0 Å². The first-order valence-corrected chi connectivity index (χ1v) is 13.0. The van der Waals surface area contributed by atoms with Crippen molar-refractivity contribution in [3.63, 3.8) is 0 Å². The van der Waals surface area contributed by atoms with E-state index in [1.54, 1.807) is 20.8 Å². The van der Waals surface area contributed by atoms with Crippen molar-refractivity contribution in [2.45, 2.75) is 76.7 Å². The van der Waals surface area contributed by atoms with Gasteiger partial charge in [0.2, 0.25) is 5.91 Å².